The molecule has 1 aromatic rings. The second-order valence-electron chi connectivity index (χ2n) is 5.95. The molecule has 4 nitrogen and oxygen atoms in total. The summed E-state index contributed by atoms with van der Waals surface area (Å²) in [7, 11) is -3.53. The smallest absolute Gasteiger partial charge is 0.246 e. The molecule has 0 N–H and O–H groups in total. The lowest BCUT2D eigenvalue weighted by Gasteiger charge is -2.26. The molecule has 0 spiro atoms. The van der Waals surface area contributed by atoms with Gasteiger partial charge in [0.15, 0.2) is 0 Å². The van der Waals surface area contributed by atoms with Crippen LogP contribution in [-0.2, 0) is 15.9 Å². The summed E-state index contributed by atoms with van der Waals surface area (Å²) in [5.74, 6) is 1.18. The van der Waals surface area contributed by atoms with Crippen molar-refractivity contribution >= 4 is 21.6 Å². The number of halogens is 1. The van der Waals surface area contributed by atoms with Crippen molar-refractivity contribution in [2.24, 2.45) is 5.41 Å². The van der Waals surface area contributed by atoms with Crippen molar-refractivity contribution in [2.75, 3.05) is 13.1 Å². The summed E-state index contributed by atoms with van der Waals surface area (Å²) in [5.41, 5.74) is 0.709. The van der Waals surface area contributed by atoms with Gasteiger partial charge in [-0.1, -0.05) is 13.8 Å². The molecule has 6 heteroatoms. The molecule has 0 aliphatic carbocycles. The number of sulfonamides is 1. The molecule has 1 saturated heterocycles. The Morgan fingerprint density at radius 3 is 2.33 bits per heavy atom. The molecule has 1 aromatic heterocycles. The maximum atomic E-state index is 13.0. The summed E-state index contributed by atoms with van der Waals surface area (Å²) in [6.45, 7) is 8.90. The third-order valence-corrected chi connectivity index (χ3v) is 7.27. The monoisotopic (exact) mass is 333 g/mol. The van der Waals surface area contributed by atoms with Crippen molar-refractivity contribution in [1.29, 1.82) is 0 Å². The molecule has 0 aromatic carbocycles. The Kier molecular flexibility index (Phi) is 4.76. The van der Waals surface area contributed by atoms with Crippen molar-refractivity contribution in [2.45, 2.75) is 57.7 Å². The largest absolute Gasteiger partial charge is 0.465 e. The van der Waals surface area contributed by atoms with Gasteiger partial charge in [-0.3, -0.25) is 0 Å². The third kappa shape index (κ3) is 2.76. The summed E-state index contributed by atoms with van der Waals surface area (Å²) >= 11 is 5.93. The van der Waals surface area contributed by atoms with Crippen LogP contribution in [0, 0.1) is 19.3 Å². The predicted molar refractivity (Wildman–Crippen MR) is 84.1 cm³/mol. The lowest BCUT2D eigenvalue weighted by molar-refractivity contribution is 0.279. The Labute approximate surface area is 132 Å². The van der Waals surface area contributed by atoms with Gasteiger partial charge in [0, 0.05) is 18.7 Å². The molecule has 0 radical (unpaired) electrons. The fraction of sp³-hybridized carbons (Fsp3) is 0.733. The van der Waals surface area contributed by atoms with E-state index in [4.69, 9.17) is 16.0 Å². The number of nitrogens with zero attached hydrogens (tertiary/aromatic N) is 1. The molecule has 0 unspecified atom stereocenters. The van der Waals surface area contributed by atoms with E-state index in [0.29, 0.717) is 30.2 Å². The van der Waals surface area contributed by atoms with Crippen molar-refractivity contribution in [1.82, 2.24) is 4.31 Å². The van der Waals surface area contributed by atoms with Gasteiger partial charge in [-0.2, -0.15) is 4.31 Å². The molecule has 1 aliphatic heterocycles. The lowest BCUT2D eigenvalue weighted by Crippen LogP contribution is -2.32. The average Bonchev–Trinajstić information content (AvgIpc) is 3.00. The van der Waals surface area contributed by atoms with Gasteiger partial charge in [0.25, 0.3) is 0 Å². The van der Waals surface area contributed by atoms with Gasteiger partial charge in [-0.15, -0.1) is 11.6 Å². The molecular weight excluding hydrogens is 310 g/mol. The van der Waals surface area contributed by atoms with Gasteiger partial charge in [0.2, 0.25) is 10.0 Å². The Bertz CT molecular complexity index is 617. The van der Waals surface area contributed by atoms with E-state index in [2.05, 4.69) is 13.8 Å². The minimum atomic E-state index is -3.53. The van der Waals surface area contributed by atoms with Gasteiger partial charge in [-0.05, 0) is 38.5 Å². The standard InChI is InChI=1S/C15H24ClNO3S/c1-5-15(6-2)7-8-17(10-15)21(18,19)14-12(4)20-11(3)13(14)9-16/h5-10H2,1-4H3. The fourth-order valence-corrected chi connectivity index (χ4v) is 5.62. The van der Waals surface area contributed by atoms with Crippen LogP contribution in [0.1, 0.15) is 50.2 Å². The molecule has 0 bridgehead atoms. The van der Waals surface area contributed by atoms with Gasteiger partial charge in [-0.25, -0.2) is 8.42 Å². The highest BCUT2D eigenvalue weighted by atomic mass is 35.5. The number of furan rings is 1. The lowest BCUT2D eigenvalue weighted by atomic mass is 9.82. The molecular formula is C15H24ClNO3S. The van der Waals surface area contributed by atoms with E-state index in [9.17, 15) is 8.42 Å². The van der Waals surface area contributed by atoms with E-state index in [1.807, 2.05) is 0 Å². The normalized spacial score (nSPS) is 19.3. The molecule has 1 aliphatic rings. The molecule has 2 rings (SSSR count). The Morgan fingerprint density at radius 2 is 1.86 bits per heavy atom. The van der Waals surface area contributed by atoms with Crippen molar-refractivity contribution in [3.63, 3.8) is 0 Å². The SMILES string of the molecule is CCC1(CC)CCN(S(=O)(=O)c2c(C)oc(C)c2CCl)C1. The number of hydrogen-bond acceptors (Lipinski definition) is 3. The van der Waals surface area contributed by atoms with Crippen molar-refractivity contribution in [3.8, 4) is 0 Å². The van der Waals surface area contributed by atoms with Crippen LogP contribution >= 0.6 is 11.6 Å². The zero-order valence-corrected chi connectivity index (χ0v) is 14.8. The summed E-state index contributed by atoms with van der Waals surface area (Å²) in [4.78, 5) is 0.276. The average molecular weight is 334 g/mol. The van der Waals surface area contributed by atoms with E-state index in [1.54, 1.807) is 18.2 Å². The minimum Gasteiger partial charge on any atom is -0.465 e. The first-order valence-electron chi connectivity index (χ1n) is 7.46. The highest BCUT2D eigenvalue weighted by Gasteiger charge is 2.42. The fourth-order valence-electron chi connectivity index (χ4n) is 3.26. The molecule has 0 atom stereocenters. The van der Waals surface area contributed by atoms with Crippen LogP contribution in [0.15, 0.2) is 9.31 Å². The number of alkyl halides is 1. The van der Waals surface area contributed by atoms with Crippen molar-refractivity contribution < 1.29 is 12.8 Å². The summed E-state index contributed by atoms with van der Waals surface area (Å²) in [6.07, 6.45) is 2.92. The van der Waals surface area contributed by atoms with Crippen LogP contribution in [-0.4, -0.2) is 25.8 Å². The van der Waals surface area contributed by atoms with E-state index in [-0.39, 0.29) is 16.2 Å². The number of aryl methyl sites for hydroxylation is 2. The number of rotatable bonds is 5. The Morgan fingerprint density at radius 1 is 1.24 bits per heavy atom. The van der Waals surface area contributed by atoms with Crippen LogP contribution in [0.25, 0.3) is 0 Å². The topological polar surface area (TPSA) is 50.5 Å². The first-order valence-corrected chi connectivity index (χ1v) is 9.43. The maximum absolute atomic E-state index is 13.0. The second kappa shape index (κ2) is 5.94. The van der Waals surface area contributed by atoms with Gasteiger partial charge in [0.1, 0.15) is 16.4 Å². The Hall–Kier alpha value is -0.520. The highest BCUT2D eigenvalue weighted by molar-refractivity contribution is 7.89. The van der Waals surface area contributed by atoms with Crippen LogP contribution in [0.5, 0.6) is 0 Å². The molecule has 1 fully saturated rings. The molecule has 0 saturated carbocycles. The van der Waals surface area contributed by atoms with Crippen LogP contribution in [0.2, 0.25) is 0 Å². The first-order chi connectivity index (χ1) is 9.81. The van der Waals surface area contributed by atoms with Crippen molar-refractivity contribution in [3.05, 3.63) is 17.1 Å². The van der Waals surface area contributed by atoms with E-state index < -0.39 is 10.0 Å². The van der Waals surface area contributed by atoms with Gasteiger partial charge in [0.05, 0.1) is 5.88 Å². The second-order valence-corrected chi connectivity index (χ2v) is 8.09. The van der Waals surface area contributed by atoms with E-state index in [1.165, 1.54) is 0 Å². The Balaban J connectivity index is 2.41. The predicted octanol–water partition coefficient (Wildman–Crippen LogP) is 3.84. The third-order valence-electron chi connectivity index (χ3n) is 4.96. The molecule has 0 amide bonds. The van der Waals surface area contributed by atoms with Crippen LogP contribution in [0.4, 0.5) is 0 Å². The summed E-state index contributed by atoms with van der Waals surface area (Å²) in [5, 5.41) is 0. The highest BCUT2D eigenvalue weighted by Crippen LogP contribution is 2.40. The van der Waals surface area contributed by atoms with Crippen LogP contribution < -0.4 is 0 Å². The van der Waals surface area contributed by atoms with E-state index in [0.717, 1.165) is 19.3 Å². The zero-order valence-electron chi connectivity index (χ0n) is 13.2. The van der Waals surface area contributed by atoms with Gasteiger partial charge >= 0.3 is 0 Å². The number of hydrogen-bond donors (Lipinski definition) is 0. The molecule has 120 valence electrons. The van der Waals surface area contributed by atoms with E-state index >= 15 is 0 Å². The summed E-state index contributed by atoms with van der Waals surface area (Å²) < 4.78 is 33.1. The quantitative estimate of drug-likeness (QED) is 0.769. The minimum absolute atomic E-state index is 0.112. The van der Waals surface area contributed by atoms with Crippen LogP contribution in [0.3, 0.4) is 0 Å². The van der Waals surface area contributed by atoms with Gasteiger partial charge < -0.3 is 4.42 Å². The first kappa shape index (κ1) is 16.8. The zero-order chi connectivity index (χ0) is 15.8. The summed E-state index contributed by atoms with van der Waals surface area (Å²) in [6, 6.07) is 0. The maximum Gasteiger partial charge on any atom is 0.246 e. The molecule has 2 heterocycles. The molecule has 21 heavy (non-hydrogen) atoms.